The molecule has 1 aromatic rings. The van der Waals surface area contributed by atoms with Crippen LogP contribution in [0.5, 0.6) is 0 Å². The van der Waals surface area contributed by atoms with Gasteiger partial charge in [-0.1, -0.05) is 12.1 Å². The maximum atomic E-state index is 14.5. The van der Waals surface area contributed by atoms with Gasteiger partial charge in [0.25, 0.3) is 0 Å². The van der Waals surface area contributed by atoms with E-state index >= 15 is 0 Å². The molecular formula is C19H24F2N2O2. The number of likely N-dealkylation sites (tertiary alicyclic amines) is 1. The third-order valence-corrected chi connectivity index (χ3v) is 6.22. The van der Waals surface area contributed by atoms with Gasteiger partial charge in [-0.25, -0.2) is 8.78 Å². The van der Waals surface area contributed by atoms with Gasteiger partial charge in [0.1, 0.15) is 0 Å². The van der Waals surface area contributed by atoms with Gasteiger partial charge >= 0.3 is 0 Å². The van der Waals surface area contributed by atoms with E-state index in [1.807, 2.05) is 4.90 Å². The van der Waals surface area contributed by atoms with Crippen LogP contribution < -0.4 is 0 Å². The normalized spacial score (nSPS) is 33.6. The lowest BCUT2D eigenvalue weighted by Crippen LogP contribution is -2.60. The highest BCUT2D eigenvalue weighted by Crippen LogP contribution is 2.47. The maximum Gasteiger partial charge on any atom is 0.225 e. The van der Waals surface area contributed by atoms with E-state index in [0.717, 1.165) is 32.0 Å². The molecule has 4 aliphatic rings. The van der Waals surface area contributed by atoms with Crippen molar-refractivity contribution in [3.63, 3.8) is 0 Å². The molecule has 25 heavy (non-hydrogen) atoms. The minimum absolute atomic E-state index is 0.0601. The number of rotatable bonds is 4. The predicted octanol–water partition coefficient (Wildman–Crippen LogP) is 2.39. The highest BCUT2D eigenvalue weighted by atomic mass is 19.2. The predicted molar refractivity (Wildman–Crippen MR) is 89.2 cm³/mol. The monoisotopic (exact) mass is 350 g/mol. The Bertz CT molecular complexity index is 661. The molecule has 1 amide bonds. The van der Waals surface area contributed by atoms with E-state index in [1.54, 1.807) is 19.2 Å². The van der Waals surface area contributed by atoms with Gasteiger partial charge in [0, 0.05) is 25.6 Å². The third kappa shape index (κ3) is 2.75. The minimum Gasteiger partial charge on any atom is -0.384 e. The Hall–Kier alpha value is -1.53. The second-order valence-electron chi connectivity index (χ2n) is 7.39. The number of hydrogen-bond donors (Lipinski definition) is 0. The number of benzene rings is 1. The zero-order valence-electron chi connectivity index (χ0n) is 14.5. The van der Waals surface area contributed by atoms with Crippen LogP contribution in [0.4, 0.5) is 8.78 Å². The topological polar surface area (TPSA) is 32.8 Å². The Morgan fingerprint density at radius 3 is 2.72 bits per heavy atom. The fraction of sp³-hybridized carbons (Fsp3) is 0.632. The summed E-state index contributed by atoms with van der Waals surface area (Å²) in [5.41, 5.74) is 0.407. The van der Waals surface area contributed by atoms with E-state index in [0.29, 0.717) is 31.1 Å². The van der Waals surface area contributed by atoms with Crippen LogP contribution in [0.15, 0.2) is 18.2 Å². The van der Waals surface area contributed by atoms with Crippen LogP contribution in [0, 0.1) is 17.6 Å². The Morgan fingerprint density at radius 2 is 2.00 bits per heavy atom. The van der Waals surface area contributed by atoms with Gasteiger partial charge in [-0.05, 0) is 43.5 Å². The summed E-state index contributed by atoms with van der Waals surface area (Å²) < 4.78 is 33.3. The van der Waals surface area contributed by atoms with Crippen LogP contribution >= 0.6 is 0 Å². The second kappa shape index (κ2) is 6.65. The highest BCUT2D eigenvalue weighted by molar-refractivity contribution is 5.77. The first kappa shape index (κ1) is 16.9. The molecule has 136 valence electrons. The zero-order chi connectivity index (χ0) is 17.6. The molecule has 0 N–H and O–H groups in total. The molecule has 3 atom stereocenters. The molecule has 4 heterocycles. The molecule has 6 heteroatoms. The fourth-order valence-corrected chi connectivity index (χ4v) is 5.12. The Morgan fingerprint density at radius 1 is 1.24 bits per heavy atom. The summed E-state index contributed by atoms with van der Waals surface area (Å²) in [5, 5.41) is 0. The van der Waals surface area contributed by atoms with Gasteiger partial charge in [-0.3, -0.25) is 9.69 Å². The van der Waals surface area contributed by atoms with Crippen LogP contribution in [-0.4, -0.2) is 61.1 Å². The summed E-state index contributed by atoms with van der Waals surface area (Å²) in [6, 6.07) is 4.59. The van der Waals surface area contributed by atoms with E-state index in [4.69, 9.17) is 4.74 Å². The van der Waals surface area contributed by atoms with Crippen molar-refractivity contribution in [1.82, 2.24) is 9.80 Å². The molecule has 0 saturated carbocycles. The molecule has 0 unspecified atom stereocenters. The number of nitrogens with zero attached hydrogens (tertiary/aromatic N) is 2. The van der Waals surface area contributed by atoms with Gasteiger partial charge in [0.2, 0.25) is 5.91 Å². The van der Waals surface area contributed by atoms with Crippen LogP contribution in [0.1, 0.15) is 30.7 Å². The van der Waals surface area contributed by atoms with Crippen molar-refractivity contribution in [3.8, 4) is 0 Å². The maximum absolute atomic E-state index is 14.5. The summed E-state index contributed by atoms with van der Waals surface area (Å²) in [7, 11) is 1.58. The van der Waals surface area contributed by atoms with Gasteiger partial charge in [0.05, 0.1) is 19.1 Å². The van der Waals surface area contributed by atoms with Gasteiger partial charge in [-0.15, -0.1) is 0 Å². The van der Waals surface area contributed by atoms with Crippen LogP contribution in [-0.2, 0) is 9.53 Å². The van der Waals surface area contributed by atoms with Crippen molar-refractivity contribution in [1.29, 1.82) is 0 Å². The van der Waals surface area contributed by atoms with Crippen molar-refractivity contribution in [3.05, 3.63) is 35.4 Å². The zero-order valence-corrected chi connectivity index (χ0v) is 14.5. The quantitative estimate of drug-likeness (QED) is 0.836. The van der Waals surface area contributed by atoms with Crippen molar-refractivity contribution in [2.24, 2.45) is 5.92 Å². The van der Waals surface area contributed by atoms with Crippen LogP contribution in [0.2, 0.25) is 0 Å². The molecule has 4 fully saturated rings. The lowest BCUT2D eigenvalue weighted by Gasteiger charge is -2.51. The van der Waals surface area contributed by atoms with E-state index in [1.165, 1.54) is 0 Å². The first-order chi connectivity index (χ1) is 12.1. The smallest absolute Gasteiger partial charge is 0.225 e. The van der Waals surface area contributed by atoms with Gasteiger partial charge in [-0.2, -0.15) is 0 Å². The lowest BCUT2D eigenvalue weighted by atomic mass is 9.75. The number of carbonyl (C=O) groups is 1. The average Bonchev–Trinajstić information content (AvgIpc) is 3.06. The molecule has 0 spiro atoms. The summed E-state index contributed by atoms with van der Waals surface area (Å²) in [6.45, 7) is 2.82. The lowest BCUT2D eigenvalue weighted by molar-refractivity contribution is -0.136. The van der Waals surface area contributed by atoms with Gasteiger partial charge < -0.3 is 9.64 Å². The number of piperidine rings is 3. The highest BCUT2D eigenvalue weighted by Gasteiger charge is 2.54. The fourth-order valence-electron chi connectivity index (χ4n) is 5.12. The standard InChI is InChI=1S/C19H24F2N2O2/c1-25-10-7-16(24)23-11-14(13-3-2-4-15(20)17(13)21)19-18(23)12-5-8-22(19)9-6-12/h2-4,12,14,18-19H,5-11H2,1H3/t14-,18+,19+/m1/s1. The minimum atomic E-state index is -0.811. The molecule has 0 aliphatic carbocycles. The van der Waals surface area contributed by atoms with Gasteiger partial charge in [0.15, 0.2) is 11.6 Å². The number of amides is 1. The molecule has 1 aromatic carbocycles. The Labute approximate surface area is 146 Å². The number of halogens is 2. The molecule has 2 bridgehead atoms. The van der Waals surface area contributed by atoms with Crippen molar-refractivity contribution in [2.75, 3.05) is 33.4 Å². The SMILES string of the molecule is COCCC(=O)N1C[C@H](c2cccc(F)c2F)[C@H]2[C@@H]1C1CCN2CC1. The number of carbonyl (C=O) groups excluding carboxylic acids is 1. The van der Waals surface area contributed by atoms with E-state index in [9.17, 15) is 13.6 Å². The van der Waals surface area contributed by atoms with Crippen molar-refractivity contribution < 1.29 is 18.3 Å². The first-order valence-corrected chi connectivity index (χ1v) is 9.08. The molecule has 5 rings (SSSR count). The van der Waals surface area contributed by atoms with E-state index in [-0.39, 0.29) is 23.9 Å². The second-order valence-corrected chi connectivity index (χ2v) is 7.39. The molecule has 0 radical (unpaired) electrons. The van der Waals surface area contributed by atoms with Crippen LogP contribution in [0.25, 0.3) is 0 Å². The summed E-state index contributed by atoms with van der Waals surface area (Å²) in [5.74, 6) is -1.22. The molecule has 4 saturated heterocycles. The number of fused-ring (bicyclic) bond motifs is 2. The number of ether oxygens (including phenoxy) is 1. The van der Waals surface area contributed by atoms with E-state index in [2.05, 4.69) is 4.90 Å². The number of hydrogen-bond acceptors (Lipinski definition) is 3. The molecular weight excluding hydrogens is 326 g/mol. The van der Waals surface area contributed by atoms with E-state index < -0.39 is 11.6 Å². The number of methoxy groups -OCH3 is 1. The first-order valence-electron chi connectivity index (χ1n) is 9.08. The summed E-state index contributed by atoms with van der Waals surface area (Å²) in [4.78, 5) is 17.0. The van der Waals surface area contributed by atoms with Crippen molar-refractivity contribution in [2.45, 2.75) is 37.3 Å². The van der Waals surface area contributed by atoms with Crippen LogP contribution in [0.3, 0.4) is 0 Å². The third-order valence-electron chi connectivity index (χ3n) is 6.22. The summed E-state index contributed by atoms with van der Waals surface area (Å²) >= 11 is 0. The molecule has 0 aromatic heterocycles. The molecule has 4 nitrogen and oxygen atoms in total. The molecule has 4 aliphatic heterocycles. The Kier molecular flexibility index (Phi) is 4.50. The largest absolute Gasteiger partial charge is 0.384 e. The van der Waals surface area contributed by atoms with Crippen molar-refractivity contribution >= 4 is 5.91 Å². The summed E-state index contributed by atoms with van der Waals surface area (Å²) in [6.07, 6.45) is 2.49. The average molecular weight is 350 g/mol. The Balaban J connectivity index is 1.68.